The molecule has 1 fully saturated rings. The molecule has 0 spiro atoms. The fourth-order valence-corrected chi connectivity index (χ4v) is 1.61. The molecule has 3 amide bonds. The third-order valence-electron chi connectivity index (χ3n) is 2.37. The summed E-state index contributed by atoms with van der Waals surface area (Å²) in [4.78, 5) is 24.0. The van der Waals surface area contributed by atoms with Gasteiger partial charge >= 0.3 is 6.03 Å². The molecule has 15 heavy (non-hydrogen) atoms. The topological polar surface area (TPSA) is 49.4 Å². The Labute approximate surface area is 87.9 Å². The van der Waals surface area contributed by atoms with E-state index in [0.717, 1.165) is 11.3 Å². The number of carbonyl (C=O) groups excluding carboxylic acids is 2. The van der Waals surface area contributed by atoms with Crippen molar-refractivity contribution in [2.45, 2.75) is 13.3 Å². The average molecular weight is 204 g/mol. The molecule has 1 saturated heterocycles. The minimum Gasteiger partial charge on any atom is -0.294 e. The number of hydrogen-bond donors (Lipinski definition) is 1. The number of urea groups is 1. The van der Waals surface area contributed by atoms with E-state index in [4.69, 9.17) is 0 Å². The second-order valence-electron chi connectivity index (χ2n) is 3.59. The van der Waals surface area contributed by atoms with E-state index in [0.29, 0.717) is 13.0 Å². The number of carbonyl (C=O) groups is 2. The van der Waals surface area contributed by atoms with Crippen molar-refractivity contribution in [2.24, 2.45) is 0 Å². The molecule has 0 unspecified atom stereocenters. The Morgan fingerprint density at radius 3 is 2.80 bits per heavy atom. The Balaban J connectivity index is 2.24. The van der Waals surface area contributed by atoms with Crippen molar-refractivity contribution in [2.75, 3.05) is 11.4 Å². The minimum atomic E-state index is -0.336. The van der Waals surface area contributed by atoms with E-state index >= 15 is 0 Å². The first-order valence-electron chi connectivity index (χ1n) is 4.85. The Hall–Kier alpha value is -1.84. The van der Waals surface area contributed by atoms with Gasteiger partial charge in [-0.1, -0.05) is 12.1 Å². The van der Waals surface area contributed by atoms with Gasteiger partial charge in [0.15, 0.2) is 0 Å². The number of imide groups is 1. The van der Waals surface area contributed by atoms with Gasteiger partial charge in [0.2, 0.25) is 5.91 Å². The molecule has 2 rings (SSSR count). The predicted molar refractivity (Wildman–Crippen MR) is 56.7 cm³/mol. The van der Waals surface area contributed by atoms with Gasteiger partial charge in [-0.3, -0.25) is 15.0 Å². The fourth-order valence-electron chi connectivity index (χ4n) is 1.61. The molecule has 1 aliphatic rings. The van der Waals surface area contributed by atoms with E-state index in [-0.39, 0.29) is 11.9 Å². The second kappa shape index (κ2) is 3.73. The van der Waals surface area contributed by atoms with Gasteiger partial charge in [-0.2, -0.15) is 0 Å². The molecular weight excluding hydrogens is 192 g/mol. The first kappa shape index (κ1) is 9.71. The van der Waals surface area contributed by atoms with Gasteiger partial charge in [0.25, 0.3) is 0 Å². The van der Waals surface area contributed by atoms with E-state index in [9.17, 15) is 9.59 Å². The Kier molecular flexibility index (Phi) is 2.41. The molecule has 1 aliphatic heterocycles. The summed E-state index contributed by atoms with van der Waals surface area (Å²) in [6, 6.07) is 7.32. The van der Waals surface area contributed by atoms with Crippen LogP contribution in [0.4, 0.5) is 10.5 Å². The van der Waals surface area contributed by atoms with Crippen molar-refractivity contribution in [1.82, 2.24) is 5.32 Å². The monoisotopic (exact) mass is 204 g/mol. The molecular formula is C11H12N2O2. The lowest BCUT2D eigenvalue weighted by atomic mass is 10.2. The van der Waals surface area contributed by atoms with Crippen LogP contribution in [0, 0.1) is 6.92 Å². The van der Waals surface area contributed by atoms with Crippen LogP contribution in [-0.2, 0) is 4.79 Å². The molecule has 0 saturated carbocycles. The van der Waals surface area contributed by atoms with Gasteiger partial charge in [0, 0.05) is 18.7 Å². The number of anilines is 1. The lowest BCUT2D eigenvalue weighted by molar-refractivity contribution is -0.120. The predicted octanol–water partition coefficient (Wildman–Crippen LogP) is 1.44. The zero-order chi connectivity index (χ0) is 10.8. The number of hydrogen-bond acceptors (Lipinski definition) is 2. The summed E-state index contributed by atoms with van der Waals surface area (Å²) in [5.74, 6) is -0.205. The van der Waals surface area contributed by atoms with E-state index in [2.05, 4.69) is 5.32 Å². The minimum absolute atomic E-state index is 0.205. The molecule has 1 heterocycles. The van der Waals surface area contributed by atoms with Crippen LogP contribution < -0.4 is 10.2 Å². The summed E-state index contributed by atoms with van der Waals surface area (Å²) in [5, 5.41) is 2.30. The van der Waals surface area contributed by atoms with Crippen LogP contribution in [0.2, 0.25) is 0 Å². The summed E-state index contributed by atoms with van der Waals surface area (Å²) >= 11 is 0. The van der Waals surface area contributed by atoms with Crippen LogP contribution in [0.15, 0.2) is 24.3 Å². The molecule has 0 aliphatic carbocycles. The van der Waals surface area contributed by atoms with Crippen LogP contribution in [0.25, 0.3) is 0 Å². The van der Waals surface area contributed by atoms with Crippen LogP contribution in [0.1, 0.15) is 12.0 Å². The first-order valence-corrected chi connectivity index (χ1v) is 4.85. The van der Waals surface area contributed by atoms with Gasteiger partial charge in [-0.25, -0.2) is 4.79 Å². The lowest BCUT2D eigenvalue weighted by Crippen LogP contribution is -2.49. The zero-order valence-corrected chi connectivity index (χ0v) is 8.49. The van der Waals surface area contributed by atoms with E-state index in [1.807, 2.05) is 31.2 Å². The molecule has 1 aromatic carbocycles. The van der Waals surface area contributed by atoms with E-state index in [1.165, 1.54) is 0 Å². The van der Waals surface area contributed by atoms with Crippen LogP contribution in [0.5, 0.6) is 0 Å². The lowest BCUT2D eigenvalue weighted by Gasteiger charge is -2.26. The van der Waals surface area contributed by atoms with Crippen molar-refractivity contribution in [3.63, 3.8) is 0 Å². The highest BCUT2D eigenvalue weighted by molar-refractivity contribution is 6.05. The van der Waals surface area contributed by atoms with Crippen molar-refractivity contribution < 1.29 is 9.59 Å². The highest BCUT2D eigenvalue weighted by atomic mass is 16.2. The molecule has 0 bridgehead atoms. The van der Waals surface area contributed by atoms with Crippen LogP contribution in [0.3, 0.4) is 0 Å². The smallest absolute Gasteiger partial charge is 0.294 e. The van der Waals surface area contributed by atoms with Crippen molar-refractivity contribution in [3.05, 3.63) is 29.8 Å². The Morgan fingerprint density at radius 1 is 1.33 bits per heavy atom. The van der Waals surface area contributed by atoms with E-state index < -0.39 is 0 Å². The molecule has 4 heteroatoms. The Bertz CT molecular complexity index is 415. The molecule has 1 aromatic rings. The summed E-state index contributed by atoms with van der Waals surface area (Å²) in [7, 11) is 0. The van der Waals surface area contributed by atoms with Gasteiger partial charge in [-0.05, 0) is 24.6 Å². The van der Waals surface area contributed by atoms with Crippen LogP contribution >= 0.6 is 0 Å². The average Bonchev–Trinajstić information content (AvgIpc) is 2.17. The third-order valence-corrected chi connectivity index (χ3v) is 2.37. The van der Waals surface area contributed by atoms with Gasteiger partial charge < -0.3 is 0 Å². The summed E-state index contributed by atoms with van der Waals surface area (Å²) in [5.41, 5.74) is 1.93. The molecule has 4 nitrogen and oxygen atoms in total. The number of nitrogens with one attached hydrogen (secondary N) is 1. The fraction of sp³-hybridized carbons (Fsp3) is 0.273. The second-order valence-corrected chi connectivity index (χ2v) is 3.59. The summed E-state index contributed by atoms with van der Waals surface area (Å²) in [6.07, 6.45) is 0.361. The largest absolute Gasteiger partial charge is 0.328 e. The Morgan fingerprint density at radius 2 is 2.13 bits per heavy atom. The van der Waals surface area contributed by atoms with Crippen LogP contribution in [-0.4, -0.2) is 18.5 Å². The number of benzene rings is 1. The highest BCUT2D eigenvalue weighted by Crippen LogP contribution is 2.17. The van der Waals surface area contributed by atoms with E-state index in [1.54, 1.807) is 4.90 Å². The highest BCUT2D eigenvalue weighted by Gasteiger charge is 2.23. The number of rotatable bonds is 1. The van der Waals surface area contributed by atoms with Crippen molar-refractivity contribution in [1.29, 1.82) is 0 Å². The quantitative estimate of drug-likeness (QED) is 0.752. The SMILES string of the molecule is Cc1cccc(N2CCC(=O)NC2=O)c1. The number of aryl methyl sites for hydroxylation is 1. The number of amides is 3. The first-order chi connectivity index (χ1) is 7.16. The molecule has 0 aromatic heterocycles. The number of nitrogens with zero attached hydrogens (tertiary/aromatic N) is 1. The van der Waals surface area contributed by atoms with Crippen molar-refractivity contribution in [3.8, 4) is 0 Å². The normalized spacial score (nSPS) is 16.5. The maximum absolute atomic E-state index is 11.5. The molecule has 1 N–H and O–H groups in total. The molecule has 78 valence electrons. The molecule has 0 radical (unpaired) electrons. The maximum atomic E-state index is 11.5. The summed E-state index contributed by atoms with van der Waals surface area (Å²) < 4.78 is 0. The molecule has 0 atom stereocenters. The third kappa shape index (κ3) is 1.98. The van der Waals surface area contributed by atoms with Gasteiger partial charge in [-0.15, -0.1) is 0 Å². The van der Waals surface area contributed by atoms with Gasteiger partial charge in [0.1, 0.15) is 0 Å². The summed E-state index contributed by atoms with van der Waals surface area (Å²) in [6.45, 7) is 2.42. The zero-order valence-electron chi connectivity index (χ0n) is 8.49. The van der Waals surface area contributed by atoms with Crippen molar-refractivity contribution >= 4 is 17.6 Å². The standard InChI is InChI=1S/C11H12N2O2/c1-8-3-2-4-9(7-8)13-6-5-10(14)12-11(13)15/h2-4,7H,5-6H2,1H3,(H,12,14,15). The van der Waals surface area contributed by atoms with Gasteiger partial charge in [0.05, 0.1) is 0 Å². The maximum Gasteiger partial charge on any atom is 0.328 e.